The first kappa shape index (κ1) is 24.0. The molecule has 2 amide bonds. The van der Waals surface area contributed by atoms with Gasteiger partial charge in [-0.25, -0.2) is 9.59 Å². The Labute approximate surface area is 201 Å². The second-order valence-corrected chi connectivity index (χ2v) is 8.65. The highest BCUT2D eigenvalue weighted by Gasteiger charge is 2.33. The Morgan fingerprint density at radius 3 is 2.26 bits per heavy atom. The topological polar surface area (TPSA) is 143 Å². The molecule has 4 N–H and O–H groups in total. The number of nitrogens with one attached hydrogen (secondary N) is 2. The molecule has 3 aromatic rings. The van der Waals surface area contributed by atoms with Crippen LogP contribution in [0.4, 0.5) is 4.79 Å². The van der Waals surface area contributed by atoms with Crippen molar-refractivity contribution in [3.8, 4) is 11.1 Å². The number of carboxylic acid groups (broad SMARTS) is 1. The number of hydrogen-bond acceptors (Lipinski definition) is 6. The van der Waals surface area contributed by atoms with E-state index in [1.807, 2.05) is 48.5 Å². The van der Waals surface area contributed by atoms with E-state index >= 15 is 0 Å². The third kappa shape index (κ3) is 5.02. The number of carboxylic acids is 1. The molecule has 1 aliphatic rings. The zero-order valence-electron chi connectivity index (χ0n) is 19.3. The molecule has 0 spiro atoms. The smallest absolute Gasteiger partial charge is 0.408 e. The number of aromatic nitrogens is 2. The van der Waals surface area contributed by atoms with Crippen molar-refractivity contribution in [3.63, 3.8) is 0 Å². The lowest BCUT2D eigenvalue weighted by atomic mass is 9.98. The highest BCUT2D eigenvalue weighted by atomic mass is 16.5. The van der Waals surface area contributed by atoms with Crippen molar-refractivity contribution in [2.75, 3.05) is 13.2 Å². The van der Waals surface area contributed by atoms with E-state index in [0.717, 1.165) is 29.2 Å². The first-order chi connectivity index (χ1) is 16.7. The average Bonchev–Trinajstić information content (AvgIpc) is 3.41. The monoisotopic (exact) mass is 478 g/mol. The molecule has 10 heteroatoms. The van der Waals surface area contributed by atoms with E-state index in [-0.39, 0.29) is 12.5 Å². The molecule has 2 atom stereocenters. The van der Waals surface area contributed by atoms with Crippen LogP contribution in [0.3, 0.4) is 0 Å². The van der Waals surface area contributed by atoms with Gasteiger partial charge >= 0.3 is 12.1 Å². The summed E-state index contributed by atoms with van der Waals surface area (Å²) in [4.78, 5) is 36.7. The first-order valence-corrected chi connectivity index (χ1v) is 11.0. The van der Waals surface area contributed by atoms with Crippen LogP contribution in [0.25, 0.3) is 11.1 Å². The van der Waals surface area contributed by atoms with Crippen LogP contribution in [-0.2, 0) is 21.4 Å². The highest BCUT2D eigenvalue weighted by molar-refractivity contribution is 5.87. The van der Waals surface area contributed by atoms with Crippen LogP contribution in [0.15, 0.2) is 60.9 Å². The number of aliphatic hydroxyl groups is 1. The first-order valence-electron chi connectivity index (χ1n) is 11.0. The van der Waals surface area contributed by atoms with E-state index in [9.17, 15) is 19.5 Å². The fourth-order valence-electron chi connectivity index (χ4n) is 4.08. The minimum absolute atomic E-state index is 0.0644. The minimum atomic E-state index is -2.17. The summed E-state index contributed by atoms with van der Waals surface area (Å²) in [6.45, 7) is 0.576. The molecule has 35 heavy (non-hydrogen) atoms. The van der Waals surface area contributed by atoms with Crippen LogP contribution in [0.2, 0.25) is 0 Å². The Hall–Kier alpha value is -4.18. The molecule has 2 unspecified atom stereocenters. The van der Waals surface area contributed by atoms with Gasteiger partial charge in [-0.3, -0.25) is 9.48 Å². The van der Waals surface area contributed by atoms with Gasteiger partial charge in [-0.2, -0.15) is 5.10 Å². The van der Waals surface area contributed by atoms with Crippen molar-refractivity contribution >= 4 is 18.0 Å². The Balaban J connectivity index is 1.46. The molecule has 0 fully saturated rings. The molecule has 1 aliphatic carbocycles. The summed E-state index contributed by atoms with van der Waals surface area (Å²) in [7, 11) is 1.65. The lowest BCUT2D eigenvalue weighted by molar-refractivity contribution is -0.156. The zero-order chi connectivity index (χ0) is 25.2. The van der Waals surface area contributed by atoms with Crippen molar-refractivity contribution in [1.82, 2.24) is 20.4 Å². The Bertz CT molecular complexity index is 1220. The number of carbonyl (C=O) groups excluding carboxylic acids is 2. The number of carbonyl (C=O) groups is 3. The molecule has 182 valence electrons. The average molecular weight is 479 g/mol. The normalized spacial score (nSPS) is 14.8. The summed E-state index contributed by atoms with van der Waals surface area (Å²) in [5, 5.41) is 27.9. The van der Waals surface area contributed by atoms with Crippen LogP contribution >= 0.6 is 0 Å². The molecule has 4 rings (SSSR count). The summed E-state index contributed by atoms with van der Waals surface area (Å²) in [5.41, 5.74) is 2.50. The molecule has 0 bridgehead atoms. The molecular weight excluding hydrogens is 452 g/mol. The molecule has 0 aliphatic heterocycles. The van der Waals surface area contributed by atoms with Gasteiger partial charge in [0.05, 0.1) is 12.7 Å². The van der Waals surface area contributed by atoms with Gasteiger partial charge in [0.1, 0.15) is 12.6 Å². The molecule has 0 saturated heterocycles. The predicted octanol–water partition coefficient (Wildman–Crippen LogP) is 1.95. The number of hydrogen-bond donors (Lipinski definition) is 4. The maximum atomic E-state index is 12.8. The van der Waals surface area contributed by atoms with Gasteiger partial charge < -0.3 is 25.6 Å². The van der Waals surface area contributed by atoms with Crippen molar-refractivity contribution in [1.29, 1.82) is 0 Å². The quantitative estimate of drug-likeness (QED) is 0.388. The number of alkyl carbamates (subject to hydrolysis) is 1. The minimum Gasteiger partial charge on any atom is -0.479 e. The van der Waals surface area contributed by atoms with E-state index < -0.39 is 36.2 Å². The third-order valence-corrected chi connectivity index (χ3v) is 5.99. The van der Waals surface area contributed by atoms with Gasteiger partial charge in [-0.15, -0.1) is 0 Å². The van der Waals surface area contributed by atoms with Gasteiger partial charge in [0.25, 0.3) is 0 Å². The Kier molecular flexibility index (Phi) is 6.57. The molecule has 1 heterocycles. The third-order valence-electron chi connectivity index (χ3n) is 5.99. The second-order valence-electron chi connectivity index (χ2n) is 8.65. The maximum Gasteiger partial charge on any atom is 0.408 e. The van der Waals surface area contributed by atoms with Gasteiger partial charge in [-0.05, 0) is 29.2 Å². The number of aryl methyl sites for hydroxylation is 1. The van der Waals surface area contributed by atoms with Crippen LogP contribution < -0.4 is 10.6 Å². The van der Waals surface area contributed by atoms with Crippen molar-refractivity contribution in [3.05, 3.63) is 77.6 Å². The molecule has 10 nitrogen and oxygen atoms in total. The Morgan fingerprint density at radius 1 is 1.11 bits per heavy atom. The lowest BCUT2D eigenvalue weighted by Gasteiger charge is -2.22. The van der Waals surface area contributed by atoms with E-state index in [1.165, 1.54) is 10.9 Å². The van der Waals surface area contributed by atoms with Gasteiger partial charge in [-0.1, -0.05) is 48.5 Å². The molecule has 0 radical (unpaired) electrons. The summed E-state index contributed by atoms with van der Waals surface area (Å²) in [6.07, 6.45) is 2.13. The fourth-order valence-corrected chi connectivity index (χ4v) is 4.08. The lowest BCUT2D eigenvalue weighted by Crippen LogP contribution is -2.49. The number of amides is 2. The fraction of sp³-hybridized carbons (Fsp3) is 0.280. The van der Waals surface area contributed by atoms with Gasteiger partial charge in [0, 0.05) is 24.7 Å². The number of aliphatic carboxylic acids is 1. The molecule has 1 aromatic heterocycles. The summed E-state index contributed by atoms with van der Waals surface area (Å²) < 4.78 is 6.99. The number of benzene rings is 2. The summed E-state index contributed by atoms with van der Waals surface area (Å²) >= 11 is 0. The predicted molar refractivity (Wildman–Crippen MR) is 125 cm³/mol. The van der Waals surface area contributed by atoms with E-state index in [4.69, 9.17) is 9.84 Å². The van der Waals surface area contributed by atoms with Gasteiger partial charge in [0.2, 0.25) is 5.91 Å². The number of fused-ring (bicyclic) bond motifs is 3. The number of rotatable bonds is 8. The van der Waals surface area contributed by atoms with Crippen LogP contribution in [0.5, 0.6) is 0 Å². The van der Waals surface area contributed by atoms with Crippen molar-refractivity contribution < 1.29 is 29.3 Å². The van der Waals surface area contributed by atoms with E-state index in [0.29, 0.717) is 5.56 Å². The summed E-state index contributed by atoms with van der Waals surface area (Å²) in [5.74, 6) is -2.35. The number of ether oxygens (including phenoxy) is 1. The maximum absolute atomic E-state index is 12.8. The highest BCUT2D eigenvalue weighted by Crippen LogP contribution is 2.44. The van der Waals surface area contributed by atoms with Crippen LogP contribution in [0, 0.1) is 0 Å². The van der Waals surface area contributed by atoms with Crippen molar-refractivity contribution in [2.24, 2.45) is 7.05 Å². The summed E-state index contributed by atoms with van der Waals surface area (Å²) in [6, 6.07) is 14.7. The van der Waals surface area contributed by atoms with E-state index in [2.05, 4.69) is 15.7 Å². The van der Waals surface area contributed by atoms with Crippen LogP contribution in [0.1, 0.15) is 35.6 Å². The SMILES string of the molecule is Cn1cc(C(NC(=O)OCC2c3ccccc3-c3ccccc32)C(=O)NCC(C)(O)C(=O)O)cn1. The standard InChI is InChI=1S/C25H26N4O6/c1-25(34,23(31)32)14-26-22(30)21(15-11-27-29(2)12-15)28-24(33)35-13-20-18-9-5-3-7-16(18)17-8-4-6-10-19(17)20/h3-12,20-21,34H,13-14H2,1-2H3,(H,26,30)(H,28,33)(H,31,32). The molecular formula is C25H26N4O6. The molecule has 0 saturated carbocycles. The number of nitrogens with zero attached hydrogens (tertiary/aromatic N) is 2. The van der Waals surface area contributed by atoms with Crippen LogP contribution in [-0.4, -0.2) is 56.7 Å². The van der Waals surface area contributed by atoms with Crippen molar-refractivity contribution in [2.45, 2.75) is 24.5 Å². The Morgan fingerprint density at radius 2 is 1.71 bits per heavy atom. The zero-order valence-corrected chi connectivity index (χ0v) is 19.3. The van der Waals surface area contributed by atoms with Gasteiger partial charge in [0.15, 0.2) is 5.60 Å². The molecule has 2 aromatic carbocycles. The van der Waals surface area contributed by atoms with E-state index in [1.54, 1.807) is 13.2 Å². The second kappa shape index (κ2) is 9.59. The largest absolute Gasteiger partial charge is 0.479 e.